The van der Waals surface area contributed by atoms with E-state index in [1.165, 1.54) is 11.1 Å². The van der Waals surface area contributed by atoms with E-state index in [9.17, 15) is 4.79 Å². The molecule has 1 N–H and O–H groups in total. The number of rotatable bonds is 4. The third-order valence-corrected chi connectivity index (χ3v) is 7.64. The van der Waals surface area contributed by atoms with Crippen molar-refractivity contribution in [3.63, 3.8) is 0 Å². The first-order chi connectivity index (χ1) is 17.3. The van der Waals surface area contributed by atoms with Gasteiger partial charge in [0.1, 0.15) is 12.2 Å². The number of carbonyl (C=O) groups is 1. The van der Waals surface area contributed by atoms with Crippen LogP contribution in [0, 0.1) is 5.92 Å². The normalized spacial score (nSPS) is 30.6. The van der Waals surface area contributed by atoms with Gasteiger partial charge in [-0.2, -0.15) is 0 Å². The number of nitrogens with one attached hydrogen (secondary N) is 1. The van der Waals surface area contributed by atoms with E-state index < -0.39 is 0 Å². The molecule has 5 atom stereocenters. The molecule has 3 aliphatic heterocycles. The average Bonchev–Trinajstić information content (AvgIpc) is 3.43. The van der Waals surface area contributed by atoms with E-state index in [4.69, 9.17) is 14.2 Å². The lowest BCUT2D eigenvalue weighted by atomic mass is 9.82. The largest absolute Gasteiger partial charge is 0.377 e. The number of morpholine rings is 1. The molecule has 2 aromatic rings. The van der Waals surface area contributed by atoms with Crippen LogP contribution in [0.2, 0.25) is 0 Å². The van der Waals surface area contributed by atoms with E-state index in [0.717, 1.165) is 17.7 Å². The summed E-state index contributed by atoms with van der Waals surface area (Å²) >= 11 is 0. The van der Waals surface area contributed by atoms with Gasteiger partial charge in [0.05, 0.1) is 38.4 Å². The fourth-order valence-corrected chi connectivity index (χ4v) is 5.86. The molecule has 6 heteroatoms. The third-order valence-electron chi connectivity index (χ3n) is 7.64. The zero-order valence-corrected chi connectivity index (χ0v) is 19.8. The minimum atomic E-state index is -0.115. The zero-order chi connectivity index (χ0) is 23.6. The van der Waals surface area contributed by atoms with Gasteiger partial charge in [0.25, 0.3) is 0 Å². The lowest BCUT2D eigenvalue weighted by molar-refractivity contribution is -0.144. The van der Waals surface area contributed by atoms with Crippen molar-refractivity contribution in [1.82, 2.24) is 10.2 Å². The molecule has 2 unspecified atom stereocenters. The van der Waals surface area contributed by atoms with Gasteiger partial charge in [0.2, 0.25) is 5.91 Å². The van der Waals surface area contributed by atoms with Crippen LogP contribution in [0.5, 0.6) is 0 Å². The van der Waals surface area contributed by atoms with Crippen molar-refractivity contribution in [3.05, 3.63) is 89.5 Å². The van der Waals surface area contributed by atoms with E-state index in [0.29, 0.717) is 39.5 Å². The highest BCUT2D eigenvalue weighted by Gasteiger charge is 2.40. The maximum atomic E-state index is 14.0. The predicted molar refractivity (Wildman–Crippen MR) is 134 cm³/mol. The topological polar surface area (TPSA) is 60.0 Å². The van der Waals surface area contributed by atoms with Crippen LogP contribution < -0.4 is 5.32 Å². The van der Waals surface area contributed by atoms with Crippen molar-refractivity contribution in [2.24, 2.45) is 5.92 Å². The summed E-state index contributed by atoms with van der Waals surface area (Å²) in [6.07, 6.45) is 6.34. The Hall–Kier alpha value is -2.77. The van der Waals surface area contributed by atoms with Gasteiger partial charge >= 0.3 is 0 Å². The van der Waals surface area contributed by atoms with Gasteiger partial charge in [0, 0.05) is 25.6 Å². The maximum absolute atomic E-state index is 14.0. The van der Waals surface area contributed by atoms with E-state index in [-0.39, 0.29) is 36.0 Å². The van der Waals surface area contributed by atoms with Crippen molar-refractivity contribution in [2.75, 3.05) is 46.1 Å². The molecule has 4 aliphatic rings. The predicted octanol–water partition coefficient (Wildman–Crippen LogP) is 3.33. The lowest BCUT2D eigenvalue weighted by Gasteiger charge is -2.38. The summed E-state index contributed by atoms with van der Waals surface area (Å²) in [6.45, 7) is 4.47. The SMILES string of the molecule is O=C([C@@H]1CNC[C@H]1c1ccccc1C1=CC2OCCOC2C=C1)N1CCOC[C@@H]1c1ccccc1. The summed E-state index contributed by atoms with van der Waals surface area (Å²) in [5, 5.41) is 3.51. The van der Waals surface area contributed by atoms with Gasteiger partial charge in [0.15, 0.2) is 0 Å². The fourth-order valence-electron chi connectivity index (χ4n) is 5.86. The van der Waals surface area contributed by atoms with Gasteiger partial charge < -0.3 is 24.4 Å². The molecule has 1 amide bonds. The molecule has 2 aromatic carbocycles. The monoisotopic (exact) mass is 472 g/mol. The Morgan fingerprint density at radius 2 is 1.71 bits per heavy atom. The maximum Gasteiger partial charge on any atom is 0.228 e. The molecule has 3 saturated heterocycles. The molecule has 0 bridgehead atoms. The molecule has 0 radical (unpaired) electrons. The number of benzene rings is 2. The first-order valence-corrected chi connectivity index (χ1v) is 12.7. The highest BCUT2D eigenvalue weighted by Crippen LogP contribution is 2.38. The number of allylic oxidation sites excluding steroid dienone is 2. The van der Waals surface area contributed by atoms with Gasteiger partial charge in [-0.25, -0.2) is 0 Å². The van der Waals surface area contributed by atoms with E-state index >= 15 is 0 Å². The molecule has 1 aliphatic carbocycles. The molecule has 3 fully saturated rings. The van der Waals surface area contributed by atoms with Crippen LogP contribution in [0.15, 0.2) is 72.8 Å². The van der Waals surface area contributed by atoms with Crippen LogP contribution in [-0.4, -0.2) is 69.1 Å². The number of fused-ring (bicyclic) bond motifs is 1. The number of nitrogens with zero attached hydrogens (tertiary/aromatic N) is 1. The molecule has 35 heavy (non-hydrogen) atoms. The molecule has 0 saturated carbocycles. The second kappa shape index (κ2) is 10.1. The number of ether oxygens (including phenoxy) is 3. The molecular formula is C29H32N2O4. The first-order valence-electron chi connectivity index (χ1n) is 12.7. The second-order valence-electron chi connectivity index (χ2n) is 9.64. The molecule has 6 rings (SSSR count). The van der Waals surface area contributed by atoms with Crippen molar-refractivity contribution in [3.8, 4) is 0 Å². The quantitative estimate of drug-likeness (QED) is 0.740. The van der Waals surface area contributed by atoms with Gasteiger partial charge in [-0.3, -0.25) is 4.79 Å². The van der Waals surface area contributed by atoms with Crippen LogP contribution in [0.4, 0.5) is 0 Å². The minimum Gasteiger partial charge on any atom is -0.377 e. The van der Waals surface area contributed by atoms with E-state index in [1.807, 2.05) is 23.1 Å². The highest BCUT2D eigenvalue weighted by molar-refractivity contribution is 5.83. The molecule has 6 nitrogen and oxygen atoms in total. The Bertz CT molecular complexity index is 1110. The molecule has 0 spiro atoms. The van der Waals surface area contributed by atoms with Crippen LogP contribution in [0.1, 0.15) is 28.7 Å². The summed E-state index contributed by atoms with van der Waals surface area (Å²) in [6, 6.07) is 18.7. The van der Waals surface area contributed by atoms with Crippen LogP contribution in [-0.2, 0) is 19.0 Å². The summed E-state index contributed by atoms with van der Waals surface area (Å²) in [4.78, 5) is 16.1. The fraction of sp³-hybridized carbons (Fsp3) is 0.414. The third kappa shape index (κ3) is 4.47. The number of hydrogen-bond donors (Lipinski definition) is 1. The molecular weight excluding hydrogens is 440 g/mol. The van der Waals surface area contributed by atoms with Gasteiger partial charge in [-0.15, -0.1) is 0 Å². The lowest BCUT2D eigenvalue weighted by Crippen LogP contribution is -2.47. The molecule has 3 heterocycles. The first kappa shape index (κ1) is 22.7. The zero-order valence-electron chi connectivity index (χ0n) is 19.8. The van der Waals surface area contributed by atoms with Crippen molar-refractivity contribution >= 4 is 11.5 Å². The van der Waals surface area contributed by atoms with Crippen molar-refractivity contribution < 1.29 is 19.0 Å². The Balaban J connectivity index is 1.28. The Kier molecular flexibility index (Phi) is 6.53. The second-order valence-corrected chi connectivity index (χ2v) is 9.64. The summed E-state index contributed by atoms with van der Waals surface area (Å²) in [5.74, 6) is 0.202. The Morgan fingerprint density at radius 3 is 2.60 bits per heavy atom. The van der Waals surface area contributed by atoms with Gasteiger partial charge in [-0.05, 0) is 28.3 Å². The van der Waals surface area contributed by atoms with Crippen molar-refractivity contribution in [1.29, 1.82) is 0 Å². The van der Waals surface area contributed by atoms with E-state index in [2.05, 4.69) is 59.9 Å². The van der Waals surface area contributed by atoms with Crippen LogP contribution in [0.25, 0.3) is 5.57 Å². The number of amides is 1. The minimum absolute atomic E-state index is 0.0154. The number of hydrogen-bond acceptors (Lipinski definition) is 5. The summed E-state index contributed by atoms with van der Waals surface area (Å²) in [7, 11) is 0. The molecule has 182 valence electrons. The Morgan fingerprint density at radius 1 is 0.914 bits per heavy atom. The van der Waals surface area contributed by atoms with Crippen LogP contribution >= 0.6 is 0 Å². The van der Waals surface area contributed by atoms with Crippen LogP contribution in [0.3, 0.4) is 0 Å². The summed E-state index contributed by atoms with van der Waals surface area (Å²) in [5.41, 5.74) is 4.65. The molecule has 0 aromatic heterocycles. The van der Waals surface area contributed by atoms with Crippen molar-refractivity contribution in [2.45, 2.75) is 24.2 Å². The standard InChI is InChI=1S/C29H32N2O4/c32-29(31-12-13-33-19-26(31)20-6-2-1-3-7-20)25-18-30-17-24(25)23-9-5-4-8-22(23)21-10-11-27-28(16-21)35-15-14-34-27/h1-11,16,24-28,30H,12-15,17-19H2/t24-,25+,26+,27?,28?/m0/s1. The highest BCUT2D eigenvalue weighted by atomic mass is 16.6. The average molecular weight is 473 g/mol. The Labute approximate surface area is 206 Å². The van der Waals surface area contributed by atoms with Gasteiger partial charge in [-0.1, -0.05) is 66.7 Å². The summed E-state index contributed by atoms with van der Waals surface area (Å²) < 4.78 is 17.6. The smallest absolute Gasteiger partial charge is 0.228 e. The number of carbonyl (C=O) groups excluding carboxylic acids is 1. The van der Waals surface area contributed by atoms with E-state index in [1.54, 1.807) is 0 Å².